The molecule has 0 bridgehead atoms. The van der Waals surface area contributed by atoms with E-state index in [9.17, 15) is 14.0 Å². The van der Waals surface area contributed by atoms with Crippen molar-refractivity contribution < 1.29 is 18.4 Å². The molecule has 1 aliphatic carbocycles. The quantitative estimate of drug-likeness (QED) is 0.457. The van der Waals surface area contributed by atoms with Gasteiger partial charge in [0.25, 0.3) is 0 Å². The van der Waals surface area contributed by atoms with Crippen molar-refractivity contribution in [2.75, 3.05) is 10.6 Å². The molecular weight excluding hydrogens is 437 g/mol. The van der Waals surface area contributed by atoms with Crippen molar-refractivity contribution >= 4 is 34.4 Å². The van der Waals surface area contributed by atoms with Gasteiger partial charge in [0.15, 0.2) is 17.2 Å². The fourth-order valence-electron chi connectivity index (χ4n) is 5.32. The Labute approximate surface area is 197 Å². The minimum Gasteiger partial charge on any atom is -0.462 e. The lowest BCUT2D eigenvalue weighted by atomic mass is 9.54. The molecule has 2 aliphatic rings. The Morgan fingerprint density at radius 2 is 1.91 bits per heavy atom. The van der Waals surface area contributed by atoms with Crippen LogP contribution in [0.1, 0.15) is 65.1 Å². The van der Waals surface area contributed by atoms with E-state index < -0.39 is 22.8 Å². The average Bonchev–Trinajstić information content (AvgIpc) is 3.38. The van der Waals surface area contributed by atoms with E-state index in [0.29, 0.717) is 11.2 Å². The fourth-order valence-corrected chi connectivity index (χ4v) is 5.32. The van der Waals surface area contributed by atoms with E-state index in [2.05, 4.69) is 41.6 Å². The van der Waals surface area contributed by atoms with E-state index in [1.165, 1.54) is 12.3 Å². The van der Waals surface area contributed by atoms with E-state index in [-0.39, 0.29) is 29.1 Å². The number of amides is 3. The molecule has 0 saturated heterocycles. The van der Waals surface area contributed by atoms with Crippen LogP contribution < -0.4 is 10.6 Å². The zero-order chi connectivity index (χ0) is 24.5. The molecule has 8 nitrogen and oxygen atoms in total. The van der Waals surface area contributed by atoms with Crippen LogP contribution in [0.2, 0.25) is 0 Å². The normalized spacial score (nSPS) is 18.5. The number of rotatable bonds is 3. The number of nitrogens with zero attached hydrogens (tertiary/aromatic N) is 2. The van der Waals surface area contributed by atoms with Gasteiger partial charge >= 0.3 is 6.03 Å². The number of aromatic amines is 1. The van der Waals surface area contributed by atoms with Crippen LogP contribution in [0.15, 0.2) is 28.9 Å². The van der Waals surface area contributed by atoms with Crippen LogP contribution in [-0.2, 0) is 16.9 Å². The zero-order valence-corrected chi connectivity index (χ0v) is 20.1. The third-order valence-electron chi connectivity index (χ3n) is 7.83. The van der Waals surface area contributed by atoms with E-state index in [4.69, 9.17) is 4.42 Å². The van der Waals surface area contributed by atoms with Gasteiger partial charge in [0.1, 0.15) is 5.69 Å². The number of fused-ring (bicyclic) bond motifs is 2. The minimum absolute atomic E-state index is 0.00242. The van der Waals surface area contributed by atoms with Gasteiger partial charge in [0.2, 0.25) is 5.91 Å². The second-order valence-corrected chi connectivity index (χ2v) is 10.9. The van der Waals surface area contributed by atoms with Gasteiger partial charge in [0, 0.05) is 10.9 Å². The molecule has 1 aliphatic heterocycles. The number of aromatic nitrogens is 2. The molecule has 3 aromatic rings. The van der Waals surface area contributed by atoms with Crippen molar-refractivity contribution in [3.05, 3.63) is 41.5 Å². The first kappa shape index (κ1) is 22.4. The van der Waals surface area contributed by atoms with Crippen LogP contribution in [0, 0.1) is 16.6 Å². The Bertz CT molecular complexity index is 1300. The molecule has 1 saturated carbocycles. The number of hydrogen-bond acceptors (Lipinski definition) is 4. The molecule has 0 spiro atoms. The van der Waals surface area contributed by atoms with Crippen LogP contribution in [0.4, 0.5) is 20.7 Å². The summed E-state index contributed by atoms with van der Waals surface area (Å²) in [5.41, 5.74) is 0.442. The van der Waals surface area contributed by atoms with Gasteiger partial charge in [-0.1, -0.05) is 27.2 Å². The van der Waals surface area contributed by atoms with Crippen LogP contribution in [0.3, 0.4) is 0 Å². The number of halogens is 1. The van der Waals surface area contributed by atoms with Gasteiger partial charge in [0.05, 0.1) is 29.5 Å². The standard InChI is InChI=1S/C25H30FN5O3/c1-23(2,3)25(10-6-11-25)21(32)28-20-15-13-31(24(4,5)19(15)29-30-20)22(33)27-17-16(26)8-7-14-9-12-34-18(14)17/h7-9,12H,6,10-11,13H2,1-5H3,(H,27,33)(H2,28,29,30,32). The largest absolute Gasteiger partial charge is 0.462 e. The van der Waals surface area contributed by atoms with Gasteiger partial charge in [-0.25, -0.2) is 9.18 Å². The average molecular weight is 468 g/mol. The summed E-state index contributed by atoms with van der Waals surface area (Å²) < 4.78 is 19.9. The fraction of sp³-hybridized carbons (Fsp3) is 0.480. The van der Waals surface area contributed by atoms with Crippen molar-refractivity contribution in [2.45, 2.75) is 66.0 Å². The van der Waals surface area contributed by atoms with Crippen LogP contribution >= 0.6 is 0 Å². The summed E-state index contributed by atoms with van der Waals surface area (Å²) in [6, 6.07) is 4.14. The summed E-state index contributed by atoms with van der Waals surface area (Å²) in [6.45, 7) is 10.3. The number of H-pyrrole nitrogens is 1. The van der Waals surface area contributed by atoms with Gasteiger partial charge in [-0.3, -0.25) is 9.89 Å². The lowest BCUT2D eigenvalue weighted by Crippen LogP contribution is -2.51. The highest BCUT2D eigenvalue weighted by Gasteiger charge is 2.53. The Morgan fingerprint density at radius 1 is 1.18 bits per heavy atom. The first-order valence-electron chi connectivity index (χ1n) is 11.6. The lowest BCUT2D eigenvalue weighted by Gasteiger charge is -2.49. The summed E-state index contributed by atoms with van der Waals surface area (Å²) in [5, 5.41) is 13.8. The molecule has 3 amide bonds. The summed E-state index contributed by atoms with van der Waals surface area (Å²) in [6.07, 6.45) is 4.18. The Balaban J connectivity index is 1.39. The maximum atomic E-state index is 14.5. The van der Waals surface area contributed by atoms with E-state index in [1.54, 1.807) is 17.0 Å². The molecular formula is C25H30FN5O3. The monoisotopic (exact) mass is 467 g/mol. The molecule has 2 aromatic heterocycles. The number of benzene rings is 1. The van der Waals surface area contributed by atoms with Crippen LogP contribution in [-0.4, -0.2) is 27.0 Å². The van der Waals surface area contributed by atoms with E-state index in [1.807, 2.05) is 13.8 Å². The predicted molar refractivity (Wildman–Crippen MR) is 127 cm³/mol. The van der Waals surface area contributed by atoms with Crippen LogP contribution in [0.25, 0.3) is 11.0 Å². The third-order valence-corrected chi connectivity index (χ3v) is 7.83. The molecule has 1 fully saturated rings. The topological polar surface area (TPSA) is 103 Å². The predicted octanol–water partition coefficient (Wildman–Crippen LogP) is 5.73. The number of carbonyl (C=O) groups is 2. The van der Waals surface area contributed by atoms with Gasteiger partial charge in [-0.05, 0) is 50.3 Å². The van der Waals surface area contributed by atoms with Crippen molar-refractivity contribution in [3.63, 3.8) is 0 Å². The van der Waals surface area contributed by atoms with Crippen molar-refractivity contribution in [3.8, 4) is 0 Å². The highest BCUT2D eigenvalue weighted by atomic mass is 19.1. The van der Waals surface area contributed by atoms with Gasteiger partial charge in [-0.2, -0.15) is 5.10 Å². The second-order valence-electron chi connectivity index (χ2n) is 10.9. The maximum Gasteiger partial charge on any atom is 0.323 e. The molecule has 9 heteroatoms. The van der Waals surface area contributed by atoms with E-state index >= 15 is 0 Å². The first-order valence-corrected chi connectivity index (χ1v) is 11.6. The number of anilines is 2. The number of nitrogens with one attached hydrogen (secondary N) is 3. The summed E-state index contributed by atoms with van der Waals surface area (Å²) in [7, 11) is 0. The summed E-state index contributed by atoms with van der Waals surface area (Å²) in [4.78, 5) is 28.2. The summed E-state index contributed by atoms with van der Waals surface area (Å²) in [5.74, 6) is -0.167. The molecule has 0 atom stereocenters. The highest BCUT2D eigenvalue weighted by Crippen LogP contribution is 2.54. The number of urea groups is 1. The second kappa shape index (κ2) is 7.32. The van der Waals surface area contributed by atoms with Crippen molar-refractivity contribution in [2.24, 2.45) is 10.8 Å². The molecule has 34 heavy (non-hydrogen) atoms. The number of furan rings is 1. The van der Waals surface area contributed by atoms with Gasteiger partial charge < -0.3 is 20.0 Å². The molecule has 1 aromatic carbocycles. The van der Waals surface area contributed by atoms with Crippen molar-refractivity contribution in [1.82, 2.24) is 15.1 Å². The molecule has 0 unspecified atom stereocenters. The molecule has 3 N–H and O–H groups in total. The highest BCUT2D eigenvalue weighted by molar-refractivity contribution is 6.00. The van der Waals surface area contributed by atoms with Gasteiger partial charge in [-0.15, -0.1) is 0 Å². The van der Waals surface area contributed by atoms with Crippen LogP contribution in [0.5, 0.6) is 0 Å². The Kier molecular flexibility index (Phi) is 4.83. The Hall–Kier alpha value is -3.36. The molecule has 0 radical (unpaired) electrons. The number of hydrogen-bond donors (Lipinski definition) is 3. The third kappa shape index (κ3) is 3.13. The SMILES string of the molecule is CC1(C)c2[nH]nc(NC(=O)C3(C(C)(C)C)CCC3)c2CN1C(=O)Nc1c(F)ccc2ccoc12. The first-order chi connectivity index (χ1) is 16.0. The molecule has 180 valence electrons. The minimum atomic E-state index is -0.749. The lowest BCUT2D eigenvalue weighted by molar-refractivity contribution is -0.139. The molecule has 5 rings (SSSR count). The summed E-state index contributed by atoms with van der Waals surface area (Å²) >= 11 is 0. The smallest absolute Gasteiger partial charge is 0.323 e. The zero-order valence-electron chi connectivity index (χ0n) is 20.1. The molecule has 3 heterocycles. The van der Waals surface area contributed by atoms with E-state index in [0.717, 1.165) is 30.5 Å². The maximum absolute atomic E-state index is 14.5. The number of carbonyl (C=O) groups excluding carboxylic acids is 2. The Morgan fingerprint density at radius 3 is 2.56 bits per heavy atom. The van der Waals surface area contributed by atoms with Crippen molar-refractivity contribution in [1.29, 1.82) is 0 Å².